The van der Waals surface area contributed by atoms with E-state index in [4.69, 9.17) is 4.74 Å². The molecule has 0 aromatic heterocycles. The largest absolute Gasteiger partial charge is 0.456 e. The first-order chi connectivity index (χ1) is 9.25. The number of carbonyl (C=O) groups excluding carboxylic acids is 1. The molecule has 0 aromatic carbocycles. The molecule has 20 heavy (non-hydrogen) atoms. The highest BCUT2D eigenvalue weighted by Gasteiger charge is 2.57. The van der Waals surface area contributed by atoms with E-state index < -0.39 is 16.8 Å². The van der Waals surface area contributed by atoms with Gasteiger partial charge in [-0.2, -0.15) is 0 Å². The first kappa shape index (κ1) is 15.7. The summed E-state index contributed by atoms with van der Waals surface area (Å²) in [7, 11) is 0. The molecule has 0 aromatic rings. The molecule has 0 heterocycles. The molecular weight excluding hydrogens is 260 g/mol. The van der Waals surface area contributed by atoms with Crippen LogP contribution < -0.4 is 0 Å². The van der Waals surface area contributed by atoms with Crippen LogP contribution in [0.15, 0.2) is 0 Å². The van der Waals surface area contributed by atoms with E-state index in [1.807, 2.05) is 6.92 Å². The Morgan fingerprint density at radius 2 is 1.75 bits per heavy atom. The van der Waals surface area contributed by atoms with E-state index >= 15 is 0 Å². The maximum absolute atomic E-state index is 12.0. The fraction of sp³-hybridized carbons (Fsp3) is 0.933. The topological polar surface area (TPSA) is 87.0 Å². The van der Waals surface area contributed by atoms with E-state index in [1.165, 1.54) is 0 Å². The van der Waals surface area contributed by atoms with Crippen molar-refractivity contribution in [1.82, 2.24) is 0 Å². The molecule has 2 bridgehead atoms. The van der Waals surface area contributed by atoms with Crippen molar-refractivity contribution in [2.75, 3.05) is 6.61 Å². The molecular formula is C15H26O5. The second kappa shape index (κ2) is 5.28. The van der Waals surface area contributed by atoms with E-state index in [1.54, 1.807) is 6.92 Å². The maximum Gasteiger partial charge on any atom is 0.309 e. The fourth-order valence-corrected chi connectivity index (χ4v) is 3.80. The lowest BCUT2D eigenvalue weighted by atomic mass is 9.61. The first-order valence-electron chi connectivity index (χ1n) is 7.54. The zero-order valence-corrected chi connectivity index (χ0v) is 12.4. The Bertz CT molecular complexity index is 364. The maximum atomic E-state index is 12.0. The molecule has 3 unspecified atom stereocenters. The van der Waals surface area contributed by atoms with E-state index in [2.05, 4.69) is 0 Å². The van der Waals surface area contributed by atoms with Crippen LogP contribution in [0.25, 0.3) is 0 Å². The summed E-state index contributed by atoms with van der Waals surface area (Å²) in [6, 6.07) is 0. The average molecular weight is 286 g/mol. The summed E-state index contributed by atoms with van der Waals surface area (Å²) >= 11 is 0. The second-order valence-electron chi connectivity index (χ2n) is 6.90. The van der Waals surface area contributed by atoms with Gasteiger partial charge in [-0.25, -0.2) is 0 Å². The third kappa shape index (κ3) is 3.00. The summed E-state index contributed by atoms with van der Waals surface area (Å²) in [5.74, 6) is -0.613. The van der Waals surface area contributed by atoms with Crippen LogP contribution in [0, 0.1) is 5.92 Å². The molecule has 2 aliphatic rings. The van der Waals surface area contributed by atoms with E-state index in [0.717, 1.165) is 6.42 Å². The van der Waals surface area contributed by atoms with Crippen LogP contribution in [-0.2, 0) is 9.53 Å². The van der Waals surface area contributed by atoms with Crippen LogP contribution in [0.2, 0.25) is 0 Å². The number of rotatable bonds is 4. The summed E-state index contributed by atoms with van der Waals surface area (Å²) < 4.78 is 5.54. The highest BCUT2D eigenvalue weighted by atomic mass is 16.6. The van der Waals surface area contributed by atoms with Crippen molar-refractivity contribution in [3.8, 4) is 0 Å². The Morgan fingerprint density at radius 3 is 2.20 bits per heavy atom. The van der Waals surface area contributed by atoms with E-state index in [-0.39, 0.29) is 31.3 Å². The third-order valence-corrected chi connectivity index (χ3v) is 4.86. The number of hydrogen-bond donors (Lipinski definition) is 3. The number of hydrogen-bond acceptors (Lipinski definition) is 5. The van der Waals surface area contributed by atoms with Gasteiger partial charge in [0.2, 0.25) is 0 Å². The molecule has 2 fully saturated rings. The van der Waals surface area contributed by atoms with Gasteiger partial charge in [0.15, 0.2) is 0 Å². The molecule has 3 atom stereocenters. The summed E-state index contributed by atoms with van der Waals surface area (Å²) in [5, 5.41) is 30.9. The molecule has 5 nitrogen and oxygen atoms in total. The van der Waals surface area contributed by atoms with Gasteiger partial charge in [0.25, 0.3) is 0 Å². The summed E-state index contributed by atoms with van der Waals surface area (Å²) in [4.78, 5) is 12.0. The van der Waals surface area contributed by atoms with Gasteiger partial charge in [0.1, 0.15) is 5.60 Å². The smallest absolute Gasteiger partial charge is 0.309 e. The van der Waals surface area contributed by atoms with Gasteiger partial charge in [-0.1, -0.05) is 13.8 Å². The highest BCUT2D eigenvalue weighted by Crippen LogP contribution is 2.50. The van der Waals surface area contributed by atoms with Gasteiger partial charge in [0.05, 0.1) is 23.7 Å². The van der Waals surface area contributed by atoms with E-state index in [0.29, 0.717) is 25.7 Å². The third-order valence-electron chi connectivity index (χ3n) is 4.86. The molecule has 5 heteroatoms. The lowest BCUT2D eigenvalue weighted by molar-refractivity contribution is -0.227. The summed E-state index contributed by atoms with van der Waals surface area (Å²) in [6.45, 7) is 3.31. The van der Waals surface area contributed by atoms with Crippen molar-refractivity contribution in [2.24, 2.45) is 5.92 Å². The zero-order valence-electron chi connectivity index (χ0n) is 12.4. The summed E-state index contributed by atoms with van der Waals surface area (Å²) in [6.07, 6.45) is 3.31. The van der Waals surface area contributed by atoms with Gasteiger partial charge < -0.3 is 20.1 Å². The van der Waals surface area contributed by atoms with Crippen molar-refractivity contribution in [3.63, 3.8) is 0 Å². The Morgan fingerprint density at radius 1 is 1.20 bits per heavy atom. The Balaban J connectivity index is 2.20. The van der Waals surface area contributed by atoms with Gasteiger partial charge in [-0.3, -0.25) is 4.79 Å². The van der Waals surface area contributed by atoms with Crippen molar-refractivity contribution in [1.29, 1.82) is 0 Å². The highest BCUT2D eigenvalue weighted by molar-refractivity contribution is 5.72. The van der Waals surface area contributed by atoms with Crippen LogP contribution in [0.3, 0.4) is 0 Å². The van der Waals surface area contributed by atoms with Crippen LogP contribution in [0.1, 0.15) is 58.8 Å². The molecule has 2 aliphatic carbocycles. The lowest BCUT2D eigenvalue weighted by Crippen LogP contribution is -2.61. The number of fused-ring (bicyclic) bond motifs is 2. The molecule has 2 rings (SSSR count). The first-order valence-corrected chi connectivity index (χ1v) is 7.54. The van der Waals surface area contributed by atoms with Gasteiger partial charge in [-0.05, 0) is 25.7 Å². The minimum atomic E-state index is -1.15. The van der Waals surface area contributed by atoms with Crippen molar-refractivity contribution in [3.05, 3.63) is 0 Å². The van der Waals surface area contributed by atoms with Crippen LogP contribution in [0.4, 0.5) is 0 Å². The molecule has 0 radical (unpaired) electrons. The number of esters is 1. The monoisotopic (exact) mass is 286 g/mol. The quantitative estimate of drug-likeness (QED) is 0.675. The molecule has 2 saturated carbocycles. The van der Waals surface area contributed by atoms with Crippen molar-refractivity contribution in [2.45, 2.75) is 75.6 Å². The lowest BCUT2D eigenvalue weighted by Gasteiger charge is -2.54. The normalized spacial score (nSPS) is 42.0. The van der Waals surface area contributed by atoms with Crippen LogP contribution in [-0.4, -0.2) is 44.7 Å². The number of carbonyl (C=O) groups is 1. The SMILES string of the molecule is CCC(C)C(=O)OC1(CO)CC2(O)CCCC(O)(C2)C1. The minimum absolute atomic E-state index is 0.209. The van der Waals surface area contributed by atoms with Gasteiger partial charge in [-0.15, -0.1) is 0 Å². The number of aliphatic hydroxyl groups excluding tert-OH is 1. The van der Waals surface area contributed by atoms with Crippen molar-refractivity contribution >= 4 is 5.97 Å². The van der Waals surface area contributed by atoms with Crippen LogP contribution in [0.5, 0.6) is 0 Å². The molecule has 3 N–H and O–H groups in total. The Labute approximate surface area is 119 Å². The van der Waals surface area contributed by atoms with Crippen LogP contribution >= 0.6 is 0 Å². The molecule has 0 aliphatic heterocycles. The fourth-order valence-electron chi connectivity index (χ4n) is 3.80. The second-order valence-corrected chi connectivity index (χ2v) is 6.90. The van der Waals surface area contributed by atoms with E-state index in [9.17, 15) is 20.1 Å². The predicted octanol–water partition coefficient (Wildman–Crippen LogP) is 1.14. The minimum Gasteiger partial charge on any atom is -0.456 e. The molecule has 116 valence electrons. The molecule has 0 saturated heterocycles. The molecule has 0 amide bonds. The van der Waals surface area contributed by atoms with Gasteiger partial charge in [0, 0.05) is 19.3 Å². The molecule has 0 spiro atoms. The van der Waals surface area contributed by atoms with Gasteiger partial charge >= 0.3 is 5.97 Å². The number of aliphatic hydroxyl groups is 3. The Kier molecular flexibility index (Phi) is 4.15. The number of ether oxygens (including phenoxy) is 1. The summed E-state index contributed by atoms with van der Waals surface area (Å²) in [5.41, 5.74) is -3.23. The zero-order chi connectivity index (χ0) is 15.0. The Hall–Kier alpha value is -0.650. The predicted molar refractivity (Wildman–Crippen MR) is 73.0 cm³/mol. The standard InChI is InChI=1S/C15H26O5/c1-3-11(2)12(17)20-15(10-16)8-13(18)5-4-6-14(19,7-13)9-15/h11,16,18-19H,3-10H2,1-2H3. The average Bonchev–Trinajstić information content (AvgIpc) is 2.35. The van der Waals surface area contributed by atoms with Crippen molar-refractivity contribution < 1.29 is 24.9 Å².